The zero-order valence-electron chi connectivity index (χ0n) is 14.3. The molecule has 138 valence electrons. The van der Waals surface area contributed by atoms with Gasteiger partial charge in [0.1, 0.15) is 6.54 Å². The van der Waals surface area contributed by atoms with Crippen LogP contribution < -0.4 is 9.21 Å². The van der Waals surface area contributed by atoms with E-state index < -0.39 is 34.1 Å². The van der Waals surface area contributed by atoms with Gasteiger partial charge in [-0.1, -0.05) is 18.2 Å². The first-order valence-corrected chi connectivity index (χ1v) is 9.86. The average molecular weight is 380 g/mol. The summed E-state index contributed by atoms with van der Waals surface area (Å²) in [6.45, 7) is 1.38. The molecular weight excluding hydrogens is 362 g/mol. The van der Waals surface area contributed by atoms with Gasteiger partial charge in [-0.25, -0.2) is 17.2 Å². The predicted molar refractivity (Wildman–Crippen MR) is 95.6 cm³/mol. The van der Waals surface area contributed by atoms with Gasteiger partial charge >= 0.3 is 0 Å². The van der Waals surface area contributed by atoms with Crippen LogP contribution in [0.2, 0.25) is 0 Å². The van der Waals surface area contributed by atoms with Crippen molar-refractivity contribution in [3.63, 3.8) is 0 Å². The summed E-state index contributed by atoms with van der Waals surface area (Å²) in [6, 6.07) is 10.0. The van der Waals surface area contributed by atoms with E-state index in [0.717, 1.165) is 40.0 Å². The van der Waals surface area contributed by atoms with Gasteiger partial charge in [-0.3, -0.25) is 9.10 Å². The van der Waals surface area contributed by atoms with Gasteiger partial charge in [-0.15, -0.1) is 0 Å². The Balaban J connectivity index is 1.93. The molecule has 1 heterocycles. The largest absolute Gasteiger partial charge is 0.307 e. The standard InChI is InChI=1S/C18H18F2N2O3S/c1-12-9-13-5-3-4-6-17(13)22(12)18(23)11-21(26(2,24)25)14-7-8-15(19)16(20)10-14/h3-8,10,12H,9,11H2,1-2H3/t12-/m0/s1. The molecule has 1 aliphatic heterocycles. The molecule has 0 aliphatic carbocycles. The van der Waals surface area contributed by atoms with Crippen molar-refractivity contribution in [2.24, 2.45) is 0 Å². The van der Waals surface area contributed by atoms with Crippen molar-refractivity contribution >= 4 is 27.3 Å². The third-order valence-corrected chi connectivity index (χ3v) is 5.49. The van der Waals surface area contributed by atoms with Crippen molar-refractivity contribution in [3.8, 4) is 0 Å². The summed E-state index contributed by atoms with van der Waals surface area (Å²) < 4.78 is 51.8. The second kappa shape index (κ2) is 6.68. The molecule has 1 amide bonds. The zero-order chi connectivity index (χ0) is 19.1. The molecule has 0 aromatic heterocycles. The van der Waals surface area contributed by atoms with Gasteiger partial charge in [0, 0.05) is 17.8 Å². The van der Waals surface area contributed by atoms with Crippen LogP contribution in [0.4, 0.5) is 20.2 Å². The lowest BCUT2D eigenvalue weighted by molar-refractivity contribution is -0.117. The number of hydrogen-bond donors (Lipinski definition) is 0. The Labute approximate surface area is 150 Å². The van der Waals surface area contributed by atoms with Gasteiger partial charge in [-0.2, -0.15) is 0 Å². The fourth-order valence-corrected chi connectivity index (χ4v) is 4.03. The molecule has 0 spiro atoms. The molecule has 1 aliphatic rings. The topological polar surface area (TPSA) is 57.7 Å². The minimum Gasteiger partial charge on any atom is -0.307 e. The van der Waals surface area contributed by atoms with Crippen molar-refractivity contribution in [3.05, 3.63) is 59.7 Å². The number of nitrogens with zero attached hydrogens (tertiary/aromatic N) is 2. The summed E-state index contributed by atoms with van der Waals surface area (Å²) in [5.41, 5.74) is 1.65. The van der Waals surface area contributed by atoms with Crippen LogP contribution in [-0.4, -0.2) is 33.2 Å². The molecule has 1 atom stereocenters. The van der Waals surface area contributed by atoms with Crippen molar-refractivity contribution in [1.29, 1.82) is 0 Å². The number of sulfonamides is 1. The first kappa shape index (κ1) is 18.3. The third kappa shape index (κ3) is 3.41. The minimum atomic E-state index is -3.87. The molecule has 0 bridgehead atoms. The lowest BCUT2D eigenvalue weighted by atomic mass is 10.1. The molecule has 3 rings (SSSR count). The summed E-state index contributed by atoms with van der Waals surface area (Å²) in [5.74, 6) is -2.70. The van der Waals surface area contributed by atoms with Crippen molar-refractivity contribution in [2.75, 3.05) is 22.0 Å². The van der Waals surface area contributed by atoms with Gasteiger partial charge in [0.2, 0.25) is 15.9 Å². The van der Waals surface area contributed by atoms with Crippen LogP contribution in [0.15, 0.2) is 42.5 Å². The fourth-order valence-electron chi connectivity index (χ4n) is 3.18. The molecule has 5 nitrogen and oxygen atoms in total. The molecule has 0 saturated heterocycles. The van der Waals surface area contributed by atoms with E-state index in [1.54, 1.807) is 17.0 Å². The molecule has 0 saturated carbocycles. The zero-order valence-corrected chi connectivity index (χ0v) is 15.1. The van der Waals surface area contributed by atoms with Gasteiger partial charge < -0.3 is 4.90 Å². The van der Waals surface area contributed by atoms with Crippen LogP contribution in [0.5, 0.6) is 0 Å². The van der Waals surface area contributed by atoms with E-state index >= 15 is 0 Å². The Morgan fingerprint density at radius 1 is 1.19 bits per heavy atom. The monoisotopic (exact) mass is 380 g/mol. The summed E-state index contributed by atoms with van der Waals surface area (Å²) in [6.07, 6.45) is 1.59. The predicted octanol–water partition coefficient (Wildman–Crippen LogP) is 2.71. The number of carbonyl (C=O) groups excluding carboxylic acids is 1. The number of carbonyl (C=O) groups is 1. The maximum Gasteiger partial charge on any atom is 0.248 e. The van der Waals surface area contributed by atoms with Crippen LogP contribution in [0.1, 0.15) is 12.5 Å². The SMILES string of the molecule is C[C@H]1Cc2ccccc2N1C(=O)CN(c1ccc(F)c(F)c1)S(C)(=O)=O. The number of para-hydroxylation sites is 1. The Morgan fingerprint density at radius 3 is 2.54 bits per heavy atom. The summed E-state index contributed by atoms with van der Waals surface area (Å²) in [5, 5.41) is 0. The number of hydrogen-bond acceptors (Lipinski definition) is 3. The van der Waals surface area contributed by atoms with Crippen LogP contribution >= 0.6 is 0 Å². The summed E-state index contributed by atoms with van der Waals surface area (Å²) in [7, 11) is -3.87. The normalized spacial score (nSPS) is 16.5. The number of benzene rings is 2. The number of rotatable bonds is 4. The highest BCUT2D eigenvalue weighted by molar-refractivity contribution is 7.92. The van der Waals surface area contributed by atoms with E-state index in [0.29, 0.717) is 6.42 Å². The molecule has 8 heteroatoms. The van der Waals surface area contributed by atoms with Crippen molar-refractivity contribution in [2.45, 2.75) is 19.4 Å². The number of halogens is 2. The van der Waals surface area contributed by atoms with Crippen LogP contribution in [0, 0.1) is 11.6 Å². The van der Waals surface area contributed by atoms with Gasteiger partial charge in [0.25, 0.3) is 0 Å². The fraction of sp³-hybridized carbons (Fsp3) is 0.278. The van der Waals surface area contributed by atoms with Crippen LogP contribution in [0.25, 0.3) is 0 Å². The van der Waals surface area contributed by atoms with E-state index in [9.17, 15) is 22.0 Å². The second-order valence-electron chi connectivity index (χ2n) is 6.31. The van der Waals surface area contributed by atoms with E-state index in [2.05, 4.69) is 0 Å². The van der Waals surface area contributed by atoms with Gasteiger partial charge in [0.05, 0.1) is 11.9 Å². The molecule has 26 heavy (non-hydrogen) atoms. The van der Waals surface area contributed by atoms with E-state index in [4.69, 9.17) is 0 Å². The lowest BCUT2D eigenvalue weighted by Crippen LogP contribution is -2.45. The van der Waals surface area contributed by atoms with E-state index in [1.807, 2.05) is 19.1 Å². The molecule has 2 aromatic rings. The number of amides is 1. The smallest absolute Gasteiger partial charge is 0.248 e. The Bertz CT molecular complexity index is 963. The molecule has 2 aromatic carbocycles. The number of anilines is 2. The Hall–Kier alpha value is -2.48. The van der Waals surface area contributed by atoms with Crippen LogP contribution in [0.3, 0.4) is 0 Å². The maximum atomic E-state index is 13.5. The quantitative estimate of drug-likeness (QED) is 0.820. The highest BCUT2D eigenvalue weighted by Gasteiger charge is 2.33. The maximum absolute atomic E-state index is 13.5. The third-order valence-electron chi connectivity index (χ3n) is 4.35. The molecule has 0 radical (unpaired) electrons. The summed E-state index contributed by atoms with van der Waals surface area (Å²) >= 11 is 0. The molecule has 0 fully saturated rings. The van der Waals surface area contributed by atoms with E-state index in [1.165, 1.54) is 0 Å². The Kier molecular flexibility index (Phi) is 4.70. The molecule has 0 N–H and O–H groups in total. The Morgan fingerprint density at radius 2 is 1.88 bits per heavy atom. The van der Waals surface area contributed by atoms with Crippen molar-refractivity contribution in [1.82, 2.24) is 0 Å². The average Bonchev–Trinajstić information content (AvgIpc) is 2.90. The van der Waals surface area contributed by atoms with Gasteiger partial charge in [0.15, 0.2) is 11.6 Å². The second-order valence-corrected chi connectivity index (χ2v) is 8.22. The highest BCUT2D eigenvalue weighted by atomic mass is 32.2. The minimum absolute atomic E-state index is 0.0973. The van der Waals surface area contributed by atoms with Crippen LogP contribution in [-0.2, 0) is 21.2 Å². The first-order chi connectivity index (χ1) is 12.2. The summed E-state index contributed by atoms with van der Waals surface area (Å²) in [4.78, 5) is 14.4. The molecular formula is C18H18F2N2O3S. The lowest BCUT2D eigenvalue weighted by Gasteiger charge is -2.28. The van der Waals surface area contributed by atoms with E-state index in [-0.39, 0.29) is 11.7 Å². The highest BCUT2D eigenvalue weighted by Crippen LogP contribution is 2.32. The van der Waals surface area contributed by atoms with Crippen molar-refractivity contribution < 1.29 is 22.0 Å². The molecule has 0 unspecified atom stereocenters. The van der Waals surface area contributed by atoms with Gasteiger partial charge in [-0.05, 0) is 37.1 Å². The first-order valence-electron chi connectivity index (χ1n) is 8.01. The number of fused-ring (bicyclic) bond motifs is 1.